The second kappa shape index (κ2) is 14.1. The number of halogens is 1. The number of hydrogen-bond donors (Lipinski definition) is 2. The predicted octanol–water partition coefficient (Wildman–Crippen LogP) is 5.35. The fourth-order valence-electron chi connectivity index (χ4n) is 8.52. The highest BCUT2D eigenvalue weighted by molar-refractivity contribution is 9.10. The number of piperazine rings is 1. The van der Waals surface area contributed by atoms with Crippen LogP contribution in [0.15, 0.2) is 45.9 Å². The van der Waals surface area contributed by atoms with Crippen molar-refractivity contribution >= 4 is 56.1 Å². The SMILES string of the molecule is [2H]N1Cc2cc(CN3CCN(C4CCN(c5ccc(Nc6ncc7c(C)c(C(C)=O)c(=O)n(C8CCCC8)c7n6)nc5)CC4)CC3)cc(Br)c2C1=O. The maximum Gasteiger partial charge on any atom is 0.263 e. The highest BCUT2D eigenvalue weighted by atomic mass is 79.9. The number of nitrogens with zero attached hydrogens (tertiary/aromatic N) is 7. The van der Waals surface area contributed by atoms with Crippen LogP contribution in [-0.4, -0.2) is 86.3 Å². The molecule has 6 heterocycles. The number of carbonyl (C=O) groups is 2. The molecular weight excluding hydrogens is 710 g/mol. The number of amides is 1. The van der Waals surface area contributed by atoms with E-state index in [9.17, 15) is 14.4 Å². The highest BCUT2D eigenvalue weighted by Gasteiger charge is 2.29. The molecule has 4 aliphatic rings. The quantitative estimate of drug-likeness (QED) is 0.227. The largest absolute Gasteiger partial charge is 0.370 e. The molecule has 51 heavy (non-hydrogen) atoms. The molecule has 2 saturated heterocycles. The van der Waals surface area contributed by atoms with E-state index in [0.717, 1.165) is 111 Å². The number of pyridine rings is 2. The van der Waals surface area contributed by atoms with Gasteiger partial charge in [-0.05, 0) is 90.4 Å². The number of rotatable bonds is 8. The summed E-state index contributed by atoms with van der Waals surface area (Å²) in [6.07, 6.45) is 9.72. The van der Waals surface area contributed by atoms with Gasteiger partial charge in [0.15, 0.2) is 7.20 Å². The average Bonchev–Trinajstić information content (AvgIpc) is 3.76. The van der Waals surface area contributed by atoms with Crippen LogP contribution >= 0.6 is 15.9 Å². The van der Waals surface area contributed by atoms with Crippen molar-refractivity contribution in [2.75, 3.05) is 49.5 Å². The lowest BCUT2D eigenvalue weighted by atomic mass is 10.0. The van der Waals surface area contributed by atoms with Crippen molar-refractivity contribution in [1.29, 1.82) is 0 Å². The normalized spacial score (nSPS) is 19.6. The molecule has 266 valence electrons. The Balaban J connectivity index is 0.864. The molecule has 0 unspecified atom stereocenters. The van der Waals surface area contributed by atoms with E-state index in [1.54, 1.807) is 17.7 Å². The lowest BCUT2D eigenvalue weighted by Crippen LogP contribution is -2.53. The molecule has 1 saturated carbocycles. The molecule has 0 radical (unpaired) electrons. The summed E-state index contributed by atoms with van der Waals surface area (Å²) in [6, 6.07) is 8.75. The maximum absolute atomic E-state index is 13.6. The first kappa shape index (κ1) is 32.7. The Morgan fingerprint density at radius 1 is 1.00 bits per heavy atom. The lowest BCUT2D eigenvalue weighted by Gasteiger charge is -2.43. The van der Waals surface area contributed by atoms with Crippen molar-refractivity contribution in [3.05, 3.63) is 79.3 Å². The van der Waals surface area contributed by atoms with Gasteiger partial charge < -0.3 is 15.5 Å². The van der Waals surface area contributed by atoms with Crippen LogP contribution in [0.3, 0.4) is 0 Å². The van der Waals surface area contributed by atoms with Crippen molar-refractivity contribution in [2.24, 2.45) is 0 Å². The number of ketones is 1. The van der Waals surface area contributed by atoms with E-state index in [1.807, 2.05) is 18.3 Å². The van der Waals surface area contributed by atoms with Crippen LogP contribution < -0.4 is 21.1 Å². The first-order valence-electron chi connectivity index (χ1n) is 18.6. The second-order valence-corrected chi connectivity index (χ2v) is 15.2. The maximum atomic E-state index is 13.6. The topological polar surface area (TPSA) is 129 Å². The standard InChI is InChI=1S/C38H44BrN9O3/c1-23-30-21-42-38(44-35(30)48(28-5-3-4-6-28)37(51)33(23)24(2)49)43-32-8-7-29(20-40-32)46-11-9-27(10-12-46)47-15-13-45(14-16-47)22-25-17-26-19-41-36(50)34(26)31(39)18-25/h7-8,17-18,20-21,27-28H,3-6,9-16,19,22H2,1-2H3,(H,41,50)(H,40,42,43,44)/i/hD. The monoisotopic (exact) mass is 754 g/mol. The van der Waals surface area contributed by atoms with E-state index in [1.165, 1.54) is 12.5 Å². The molecule has 12 nitrogen and oxygen atoms in total. The van der Waals surface area contributed by atoms with Gasteiger partial charge in [0.1, 0.15) is 11.5 Å². The van der Waals surface area contributed by atoms with Crippen molar-refractivity contribution in [3.8, 4) is 0 Å². The van der Waals surface area contributed by atoms with Gasteiger partial charge in [-0.1, -0.05) is 18.9 Å². The molecule has 13 heteroatoms. The summed E-state index contributed by atoms with van der Waals surface area (Å²) < 4.78 is 10.4. The molecule has 0 atom stereocenters. The average molecular weight is 756 g/mol. The number of benzene rings is 1. The van der Waals surface area contributed by atoms with Crippen LogP contribution in [0, 0.1) is 6.92 Å². The summed E-state index contributed by atoms with van der Waals surface area (Å²) in [4.78, 5) is 59.8. The van der Waals surface area contributed by atoms with Gasteiger partial charge in [0.2, 0.25) is 5.95 Å². The summed E-state index contributed by atoms with van der Waals surface area (Å²) >= 11 is 3.57. The van der Waals surface area contributed by atoms with Gasteiger partial charge in [0, 0.05) is 80.5 Å². The molecule has 1 amide bonds. The number of hydrogen-bond acceptors (Lipinski definition) is 10. The zero-order valence-corrected chi connectivity index (χ0v) is 30.8. The minimum atomic E-state index is -0.259. The zero-order valence-electron chi connectivity index (χ0n) is 30.2. The summed E-state index contributed by atoms with van der Waals surface area (Å²) in [5.74, 6) is 0.528. The molecule has 3 aliphatic heterocycles. The molecule has 0 spiro atoms. The van der Waals surface area contributed by atoms with Gasteiger partial charge in [-0.25, -0.2) is 9.97 Å². The minimum Gasteiger partial charge on any atom is -0.370 e. The molecule has 4 aromatic rings. The molecule has 3 fully saturated rings. The first-order chi connectivity index (χ1) is 25.1. The summed E-state index contributed by atoms with van der Waals surface area (Å²) in [5.41, 5.74) is 4.99. The predicted molar refractivity (Wildman–Crippen MR) is 201 cm³/mol. The minimum absolute atomic E-state index is 0.0261. The van der Waals surface area contributed by atoms with E-state index in [2.05, 4.69) is 53.1 Å². The third-order valence-electron chi connectivity index (χ3n) is 11.2. The van der Waals surface area contributed by atoms with Crippen molar-refractivity contribution < 1.29 is 11.0 Å². The van der Waals surface area contributed by atoms with Gasteiger partial charge in [-0.15, -0.1) is 0 Å². The molecule has 2 N–H and O–H groups in total. The number of anilines is 3. The van der Waals surface area contributed by atoms with Crippen molar-refractivity contribution in [1.82, 2.24) is 34.6 Å². The van der Waals surface area contributed by atoms with Crippen LogP contribution in [0.25, 0.3) is 11.0 Å². The van der Waals surface area contributed by atoms with Crippen molar-refractivity contribution in [2.45, 2.75) is 77.5 Å². The number of piperidine rings is 1. The smallest absolute Gasteiger partial charge is 0.263 e. The first-order valence-corrected chi connectivity index (χ1v) is 18.9. The fraction of sp³-hybridized carbons (Fsp3) is 0.474. The van der Waals surface area contributed by atoms with E-state index in [-0.39, 0.29) is 28.9 Å². The van der Waals surface area contributed by atoms with Crippen LogP contribution in [0.2, 0.25) is 1.41 Å². The van der Waals surface area contributed by atoms with E-state index in [4.69, 9.17) is 11.4 Å². The highest BCUT2D eigenvalue weighted by Crippen LogP contribution is 2.33. The van der Waals surface area contributed by atoms with Gasteiger partial charge in [0.25, 0.3) is 11.5 Å². The van der Waals surface area contributed by atoms with Crippen LogP contribution in [0.5, 0.6) is 0 Å². The van der Waals surface area contributed by atoms with Crippen LogP contribution in [-0.2, 0) is 13.1 Å². The van der Waals surface area contributed by atoms with E-state index < -0.39 is 0 Å². The Labute approximate surface area is 307 Å². The van der Waals surface area contributed by atoms with Gasteiger partial charge in [-0.2, -0.15) is 4.98 Å². The molecule has 1 aliphatic carbocycles. The van der Waals surface area contributed by atoms with Crippen LogP contribution in [0.1, 0.15) is 88.9 Å². The zero-order chi connectivity index (χ0) is 36.1. The fourth-order valence-corrected chi connectivity index (χ4v) is 9.24. The van der Waals surface area contributed by atoms with E-state index in [0.29, 0.717) is 41.1 Å². The number of aromatic nitrogens is 4. The molecule has 3 aromatic heterocycles. The summed E-state index contributed by atoms with van der Waals surface area (Å²) in [6.45, 7) is 10.5. The third kappa shape index (κ3) is 6.67. The Morgan fingerprint density at radius 2 is 1.76 bits per heavy atom. The van der Waals surface area contributed by atoms with Gasteiger partial charge in [0.05, 0.1) is 23.0 Å². The lowest BCUT2D eigenvalue weighted by molar-refractivity contribution is 0.0811. The Kier molecular flexibility index (Phi) is 9.02. The second-order valence-electron chi connectivity index (χ2n) is 14.4. The third-order valence-corrected chi connectivity index (χ3v) is 11.9. The Bertz CT molecular complexity index is 2090. The van der Waals surface area contributed by atoms with Gasteiger partial charge in [-0.3, -0.25) is 28.8 Å². The number of carbonyl (C=O) groups excluding carboxylic acids is 2. The molecular formula is C38H44BrN9O3. The van der Waals surface area contributed by atoms with Gasteiger partial charge >= 0.3 is 0 Å². The summed E-state index contributed by atoms with van der Waals surface area (Å²) in [5, 5.41) is 4.99. The number of aryl methyl sites for hydroxylation is 1. The number of Topliss-reactive ketones (excluding diaryl/α,β-unsaturated/α-hetero) is 1. The molecule has 1 aromatic carbocycles. The number of fused-ring (bicyclic) bond motifs is 2. The van der Waals surface area contributed by atoms with Crippen LogP contribution in [0.4, 0.5) is 17.5 Å². The Morgan fingerprint density at radius 3 is 2.47 bits per heavy atom. The Hall–Kier alpha value is -4.20. The summed E-state index contributed by atoms with van der Waals surface area (Å²) in [7, 11) is 0. The van der Waals surface area contributed by atoms with E-state index >= 15 is 0 Å². The van der Waals surface area contributed by atoms with Crippen molar-refractivity contribution in [3.63, 3.8) is 0 Å². The number of nitrogens with one attached hydrogen (secondary N) is 2. The molecule has 0 bridgehead atoms. The molecule has 8 rings (SSSR count).